The summed E-state index contributed by atoms with van der Waals surface area (Å²) in [5, 5.41) is 3.45. The van der Waals surface area contributed by atoms with Crippen molar-refractivity contribution in [3.05, 3.63) is 58.0 Å². The molecule has 1 unspecified atom stereocenters. The predicted octanol–water partition coefficient (Wildman–Crippen LogP) is 3.55. The van der Waals surface area contributed by atoms with E-state index in [1.54, 1.807) is 37.3 Å². The van der Waals surface area contributed by atoms with Crippen LogP contribution in [0.2, 0.25) is 10.0 Å². The van der Waals surface area contributed by atoms with Crippen LogP contribution in [0.3, 0.4) is 0 Å². The molecule has 3 amide bonds. The van der Waals surface area contributed by atoms with E-state index in [0.717, 1.165) is 4.90 Å². The summed E-state index contributed by atoms with van der Waals surface area (Å²) in [6.07, 6.45) is 1.45. The van der Waals surface area contributed by atoms with Crippen LogP contribution < -0.4 is 5.32 Å². The molecule has 1 atom stereocenters. The average molecular weight is 339 g/mol. The first-order valence-corrected chi connectivity index (χ1v) is 7.30. The second-order valence-corrected chi connectivity index (χ2v) is 5.94. The van der Waals surface area contributed by atoms with E-state index in [1.807, 2.05) is 0 Å². The molecule has 0 aliphatic carbocycles. The summed E-state index contributed by atoms with van der Waals surface area (Å²) >= 11 is 12.2. The summed E-state index contributed by atoms with van der Waals surface area (Å²) in [5.74, 6) is -0.0398. The summed E-state index contributed by atoms with van der Waals surface area (Å²) in [6, 6.07) is 7.81. The van der Waals surface area contributed by atoms with Gasteiger partial charge in [-0.2, -0.15) is 0 Å². The number of hydrogen-bond acceptors (Lipinski definition) is 3. The molecule has 1 fully saturated rings. The lowest BCUT2D eigenvalue weighted by Gasteiger charge is -2.19. The van der Waals surface area contributed by atoms with Gasteiger partial charge in [0.1, 0.15) is 5.76 Å². The summed E-state index contributed by atoms with van der Waals surface area (Å²) in [6.45, 7) is 1.60. The minimum atomic E-state index is -1.23. The van der Waals surface area contributed by atoms with Gasteiger partial charge in [0.15, 0.2) is 5.54 Å². The molecule has 7 heteroatoms. The number of benzene rings is 1. The topological polar surface area (TPSA) is 62.6 Å². The molecule has 1 aliphatic rings. The molecule has 1 saturated heterocycles. The maximum Gasteiger partial charge on any atom is 0.325 e. The smallest absolute Gasteiger partial charge is 0.325 e. The predicted molar refractivity (Wildman–Crippen MR) is 81.6 cm³/mol. The minimum Gasteiger partial charge on any atom is -0.466 e. The normalized spacial score (nSPS) is 21.3. The van der Waals surface area contributed by atoms with E-state index in [2.05, 4.69) is 5.32 Å². The van der Waals surface area contributed by atoms with Gasteiger partial charge in [0.2, 0.25) is 0 Å². The Labute approximate surface area is 136 Å². The number of hydrogen-bond donors (Lipinski definition) is 1. The van der Waals surface area contributed by atoms with Crippen LogP contribution in [0.4, 0.5) is 4.79 Å². The van der Waals surface area contributed by atoms with Gasteiger partial charge in [-0.25, -0.2) is 4.79 Å². The Balaban J connectivity index is 1.93. The van der Waals surface area contributed by atoms with Crippen LogP contribution >= 0.6 is 23.2 Å². The number of furan rings is 1. The fraction of sp³-hybridized carbons (Fsp3) is 0.200. The van der Waals surface area contributed by atoms with Crippen LogP contribution in [-0.2, 0) is 16.9 Å². The van der Waals surface area contributed by atoms with Crippen molar-refractivity contribution in [1.29, 1.82) is 0 Å². The van der Waals surface area contributed by atoms with Crippen molar-refractivity contribution < 1.29 is 14.0 Å². The first-order chi connectivity index (χ1) is 10.4. The zero-order chi connectivity index (χ0) is 15.9. The van der Waals surface area contributed by atoms with Crippen molar-refractivity contribution in [2.24, 2.45) is 0 Å². The van der Waals surface area contributed by atoms with Gasteiger partial charge >= 0.3 is 6.03 Å². The Kier molecular flexibility index (Phi) is 3.62. The third-order valence-corrected chi connectivity index (χ3v) is 4.38. The molecule has 1 N–H and O–H groups in total. The van der Waals surface area contributed by atoms with E-state index in [-0.39, 0.29) is 6.54 Å². The second-order valence-electron chi connectivity index (χ2n) is 5.12. The first-order valence-electron chi connectivity index (χ1n) is 6.54. The summed E-state index contributed by atoms with van der Waals surface area (Å²) in [7, 11) is 0. The Bertz CT molecular complexity index is 725. The zero-order valence-corrected chi connectivity index (χ0v) is 13.1. The van der Waals surface area contributed by atoms with Crippen LogP contribution in [0.15, 0.2) is 41.0 Å². The van der Waals surface area contributed by atoms with Crippen molar-refractivity contribution in [3.63, 3.8) is 0 Å². The number of nitrogens with one attached hydrogen (secondary N) is 1. The third-order valence-electron chi connectivity index (χ3n) is 3.67. The van der Waals surface area contributed by atoms with Gasteiger partial charge < -0.3 is 9.73 Å². The molecular formula is C15H12Cl2N2O3. The Hall–Kier alpha value is -1.98. The van der Waals surface area contributed by atoms with Crippen LogP contribution in [0.5, 0.6) is 0 Å². The maximum absolute atomic E-state index is 12.7. The van der Waals surface area contributed by atoms with E-state index in [4.69, 9.17) is 27.6 Å². The van der Waals surface area contributed by atoms with Crippen LogP contribution in [0.1, 0.15) is 18.2 Å². The first kappa shape index (κ1) is 14.9. The Morgan fingerprint density at radius 1 is 1.18 bits per heavy atom. The highest BCUT2D eigenvalue weighted by molar-refractivity contribution is 6.36. The molecule has 1 aromatic heterocycles. The molecule has 1 aromatic carbocycles. The largest absolute Gasteiger partial charge is 0.466 e. The number of nitrogens with zero attached hydrogens (tertiary/aromatic N) is 1. The van der Waals surface area contributed by atoms with Crippen molar-refractivity contribution in [2.75, 3.05) is 0 Å². The fourth-order valence-electron chi connectivity index (χ4n) is 2.41. The second kappa shape index (κ2) is 5.34. The number of carbonyl (C=O) groups excluding carboxylic acids is 2. The van der Waals surface area contributed by atoms with Gasteiger partial charge in [-0.05, 0) is 31.2 Å². The third kappa shape index (κ3) is 2.26. The molecule has 5 nitrogen and oxygen atoms in total. The molecule has 0 bridgehead atoms. The van der Waals surface area contributed by atoms with Crippen LogP contribution in [0.25, 0.3) is 0 Å². The van der Waals surface area contributed by atoms with E-state index in [0.29, 0.717) is 21.4 Å². The quantitative estimate of drug-likeness (QED) is 0.870. The SMILES string of the molecule is CC1(c2ccco2)NC(=O)N(Cc2c(Cl)cccc2Cl)C1=O. The van der Waals surface area contributed by atoms with Gasteiger partial charge in [0.05, 0.1) is 12.8 Å². The van der Waals surface area contributed by atoms with Gasteiger partial charge in [-0.15, -0.1) is 0 Å². The van der Waals surface area contributed by atoms with Gasteiger partial charge in [-0.1, -0.05) is 29.3 Å². The highest BCUT2D eigenvalue weighted by Crippen LogP contribution is 2.32. The number of carbonyl (C=O) groups is 2. The monoisotopic (exact) mass is 338 g/mol. The van der Waals surface area contributed by atoms with Gasteiger partial charge in [0, 0.05) is 15.6 Å². The molecule has 22 heavy (non-hydrogen) atoms. The lowest BCUT2D eigenvalue weighted by Crippen LogP contribution is -2.40. The molecule has 0 saturated carbocycles. The highest BCUT2D eigenvalue weighted by Gasteiger charge is 2.51. The molecule has 0 radical (unpaired) electrons. The van der Waals surface area contributed by atoms with Crippen molar-refractivity contribution in [2.45, 2.75) is 19.0 Å². The Morgan fingerprint density at radius 2 is 1.86 bits per heavy atom. The summed E-state index contributed by atoms with van der Waals surface area (Å²) < 4.78 is 5.27. The zero-order valence-electron chi connectivity index (χ0n) is 11.6. The molecule has 2 aromatic rings. The molecule has 114 valence electrons. The van der Waals surface area contributed by atoms with Crippen LogP contribution in [-0.4, -0.2) is 16.8 Å². The van der Waals surface area contributed by atoms with Crippen LogP contribution in [0, 0.1) is 0 Å². The molecule has 1 aliphatic heterocycles. The van der Waals surface area contributed by atoms with Crippen molar-refractivity contribution in [1.82, 2.24) is 10.2 Å². The van der Waals surface area contributed by atoms with E-state index >= 15 is 0 Å². The minimum absolute atomic E-state index is 0.000524. The lowest BCUT2D eigenvalue weighted by atomic mass is 9.99. The summed E-state index contributed by atoms with van der Waals surface area (Å²) in [4.78, 5) is 25.9. The van der Waals surface area contributed by atoms with E-state index in [1.165, 1.54) is 6.26 Å². The molecule has 2 heterocycles. The number of rotatable bonds is 3. The average Bonchev–Trinajstić information content (AvgIpc) is 3.06. The molecule has 3 rings (SSSR count). The summed E-state index contributed by atoms with van der Waals surface area (Å²) in [5.41, 5.74) is -0.702. The molecular weight excluding hydrogens is 327 g/mol. The van der Waals surface area contributed by atoms with Gasteiger partial charge in [0.25, 0.3) is 5.91 Å². The molecule has 0 spiro atoms. The lowest BCUT2D eigenvalue weighted by molar-refractivity contribution is -0.132. The van der Waals surface area contributed by atoms with Crippen molar-refractivity contribution in [3.8, 4) is 0 Å². The van der Waals surface area contributed by atoms with Crippen molar-refractivity contribution >= 4 is 35.1 Å². The van der Waals surface area contributed by atoms with E-state index < -0.39 is 17.5 Å². The highest BCUT2D eigenvalue weighted by atomic mass is 35.5. The number of urea groups is 1. The Morgan fingerprint density at radius 3 is 2.45 bits per heavy atom. The standard InChI is InChI=1S/C15H12Cl2N2O3/c1-15(12-6-3-7-22-12)13(20)19(14(21)18-15)8-9-10(16)4-2-5-11(9)17/h2-7H,8H2,1H3,(H,18,21). The van der Waals surface area contributed by atoms with Gasteiger partial charge in [-0.3, -0.25) is 9.69 Å². The van der Waals surface area contributed by atoms with E-state index in [9.17, 15) is 9.59 Å². The number of amides is 3. The fourth-order valence-corrected chi connectivity index (χ4v) is 2.93. The number of halogens is 2. The maximum atomic E-state index is 12.7. The number of imide groups is 1.